The van der Waals surface area contributed by atoms with Crippen LogP contribution in [0, 0.1) is 0 Å². The van der Waals surface area contributed by atoms with Crippen LogP contribution < -0.4 is 5.32 Å². The highest BCUT2D eigenvalue weighted by atomic mass is 19.4. The lowest BCUT2D eigenvalue weighted by molar-refractivity contribution is -0.138. The molecule has 3 aromatic rings. The van der Waals surface area contributed by atoms with Gasteiger partial charge in [0.1, 0.15) is 6.04 Å². The third-order valence-corrected chi connectivity index (χ3v) is 6.21. The van der Waals surface area contributed by atoms with E-state index >= 15 is 0 Å². The monoisotopic (exact) mass is 468 g/mol. The zero-order valence-electron chi connectivity index (χ0n) is 18.0. The minimum absolute atomic E-state index is 0.183. The lowest BCUT2D eigenvalue weighted by Crippen LogP contribution is -2.52. The Morgan fingerprint density at radius 2 is 1.71 bits per heavy atom. The molecule has 1 saturated heterocycles. The van der Waals surface area contributed by atoms with Crippen molar-refractivity contribution in [1.82, 2.24) is 20.0 Å². The number of fused-ring (bicyclic) bond motifs is 1. The third kappa shape index (κ3) is 3.74. The molecule has 0 saturated carbocycles. The van der Waals surface area contributed by atoms with Gasteiger partial charge in [-0.1, -0.05) is 18.2 Å². The Kier molecular flexibility index (Phi) is 5.03. The second kappa shape index (κ2) is 7.82. The molecule has 174 valence electrons. The fraction of sp³-hybridized carbons (Fsp3) is 0.250. The van der Waals surface area contributed by atoms with Crippen LogP contribution in [-0.2, 0) is 29.4 Å². The van der Waals surface area contributed by atoms with E-state index < -0.39 is 23.7 Å². The third-order valence-electron chi connectivity index (χ3n) is 6.21. The molecule has 2 aliphatic rings. The van der Waals surface area contributed by atoms with Gasteiger partial charge in [-0.25, -0.2) is 0 Å². The molecular weight excluding hydrogens is 449 g/mol. The predicted octanol–water partition coefficient (Wildman–Crippen LogP) is 3.53. The van der Waals surface area contributed by atoms with E-state index in [-0.39, 0.29) is 31.2 Å². The maximum absolute atomic E-state index is 12.9. The van der Waals surface area contributed by atoms with Crippen LogP contribution in [0.1, 0.15) is 34.3 Å². The topological polar surface area (TPSA) is 84.3 Å². The molecule has 1 N–H and O–H groups in total. The van der Waals surface area contributed by atoms with Crippen LogP contribution in [-0.4, -0.2) is 38.4 Å². The van der Waals surface area contributed by atoms with Crippen molar-refractivity contribution in [3.05, 3.63) is 65.2 Å². The van der Waals surface area contributed by atoms with E-state index in [9.17, 15) is 27.6 Å². The molecule has 3 heterocycles. The number of aryl methyl sites for hydroxylation is 1. The molecule has 2 aromatic carbocycles. The summed E-state index contributed by atoms with van der Waals surface area (Å²) in [6.07, 6.45) is -3.93. The fourth-order valence-electron chi connectivity index (χ4n) is 4.44. The van der Waals surface area contributed by atoms with E-state index in [1.807, 2.05) is 6.07 Å². The molecular formula is C24H19F3N4O3. The molecule has 0 spiro atoms. The number of amides is 3. The Hall–Kier alpha value is -3.95. The van der Waals surface area contributed by atoms with Crippen LogP contribution >= 0.6 is 0 Å². The normalized spacial score (nSPS) is 18.3. The summed E-state index contributed by atoms with van der Waals surface area (Å²) in [5.74, 6) is -1.07. The van der Waals surface area contributed by atoms with Gasteiger partial charge in [0, 0.05) is 31.1 Å². The zero-order chi connectivity index (χ0) is 24.2. The summed E-state index contributed by atoms with van der Waals surface area (Å²) in [4.78, 5) is 38.0. The molecule has 7 nitrogen and oxygen atoms in total. The first-order valence-electron chi connectivity index (χ1n) is 10.6. The van der Waals surface area contributed by atoms with E-state index in [0.29, 0.717) is 22.5 Å². The summed E-state index contributed by atoms with van der Waals surface area (Å²) in [5.41, 5.74) is 3.10. The fourth-order valence-corrected chi connectivity index (χ4v) is 4.44. The highest BCUT2D eigenvalue weighted by Gasteiger charge is 2.39. The first kappa shape index (κ1) is 21.9. The Balaban J connectivity index is 1.41. The van der Waals surface area contributed by atoms with Crippen LogP contribution in [0.25, 0.3) is 22.5 Å². The van der Waals surface area contributed by atoms with Gasteiger partial charge in [-0.15, -0.1) is 0 Å². The summed E-state index contributed by atoms with van der Waals surface area (Å²) in [5, 5.41) is 6.78. The first-order valence-corrected chi connectivity index (χ1v) is 10.6. The number of aromatic nitrogens is 2. The molecule has 1 atom stereocenters. The zero-order valence-corrected chi connectivity index (χ0v) is 18.0. The van der Waals surface area contributed by atoms with Gasteiger partial charge in [0.25, 0.3) is 5.91 Å². The minimum atomic E-state index is -4.40. The predicted molar refractivity (Wildman–Crippen MR) is 115 cm³/mol. The van der Waals surface area contributed by atoms with Crippen molar-refractivity contribution in [2.24, 2.45) is 7.05 Å². The van der Waals surface area contributed by atoms with Crippen molar-refractivity contribution >= 4 is 17.7 Å². The molecule has 1 fully saturated rings. The molecule has 5 rings (SSSR count). The van der Waals surface area contributed by atoms with E-state index in [2.05, 4.69) is 10.4 Å². The van der Waals surface area contributed by atoms with Crippen LogP contribution in [0.2, 0.25) is 0 Å². The number of hydrogen-bond acceptors (Lipinski definition) is 4. The number of carbonyl (C=O) groups is 3. The number of hydrogen-bond donors (Lipinski definition) is 1. The summed E-state index contributed by atoms with van der Waals surface area (Å²) >= 11 is 0. The van der Waals surface area contributed by atoms with Crippen molar-refractivity contribution in [2.45, 2.75) is 31.6 Å². The highest BCUT2D eigenvalue weighted by Crippen LogP contribution is 2.34. The van der Waals surface area contributed by atoms with Crippen LogP contribution in [0.5, 0.6) is 0 Å². The Bertz CT molecular complexity index is 1330. The second-order valence-electron chi connectivity index (χ2n) is 8.39. The number of rotatable bonds is 3. The first-order chi connectivity index (χ1) is 16.1. The largest absolute Gasteiger partial charge is 0.416 e. The van der Waals surface area contributed by atoms with Crippen LogP contribution in [0.15, 0.2) is 48.5 Å². The van der Waals surface area contributed by atoms with E-state index in [1.165, 1.54) is 17.0 Å². The second-order valence-corrected chi connectivity index (χ2v) is 8.39. The molecule has 0 aliphatic carbocycles. The standard InChI is InChI=1S/C24H19F3N4O3/c1-30-20(13-2-5-16(6-3-13)24(25,26)27)11-18(29-30)14-4-7-17-15(10-14)12-31(23(17)34)19-8-9-21(32)28-22(19)33/h2-7,10-11,19H,8-9,12H2,1H3,(H,28,32,33). The number of alkyl halides is 3. The van der Waals surface area contributed by atoms with Crippen LogP contribution in [0.3, 0.4) is 0 Å². The van der Waals surface area contributed by atoms with Crippen molar-refractivity contribution in [2.75, 3.05) is 0 Å². The number of benzene rings is 2. The van der Waals surface area contributed by atoms with Crippen molar-refractivity contribution in [1.29, 1.82) is 0 Å². The van der Waals surface area contributed by atoms with Gasteiger partial charge in [0.05, 0.1) is 17.0 Å². The molecule has 10 heteroatoms. The lowest BCUT2D eigenvalue weighted by atomic mass is 10.0. The SMILES string of the molecule is Cn1nc(-c2ccc3c(c2)CN(C2CCC(=O)NC2=O)C3=O)cc1-c1ccc(C(F)(F)F)cc1. The van der Waals surface area contributed by atoms with Gasteiger partial charge in [-0.3, -0.25) is 24.4 Å². The smallest absolute Gasteiger partial charge is 0.322 e. The maximum Gasteiger partial charge on any atom is 0.416 e. The van der Waals surface area contributed by atoms with Crippen LogP contribution in [0.4, 0.5) is 13.2 Å². The van der Waals surface area contributed by atoms with E-state index in [1.54, 1.807) is 29.9 Å². The van der Waals surface area contributed by atoms with Gasteiger partial charge in [0.15, 0.2) is 0 Å². The summed E-state index contributed by atoms with van der Waals surface area (Å²) in [7, 11) is 1.71. The molecule has 3 amide bonds. The Labute approximate surface area is 192 Å². The molecule has 34 heavy (non-hydrogen) atoms. The van der Waals surface area contributed by atoms with Gasteiger partial charge in [-0.05, 0) is 47.9 Å². The van der Waals surface area contributed by atoms with Crippen molar-refractivity contribution in [3.8, 4) is 22.5 Å². The number of nitrogens with zero attached hydrogens (tertiary/aromatic N) is 3. The molecule has 1 aromatic heterocycles. The number of halogens is 3. The van der Waals surface area contributed by atoms with Gasteiger partial charge in [-0.2, -0.15) is 18.3 Å². The molecule has 1 unspecified atom stereocenters. The van der Waals surface area contributed by atoms with Crippen molar-refractivity contribution in [3.63, 3.8) is 0 Å². The highest BCUT2D eigenvalue weighted by molar-refractivity contribution is 6.05. The number of imide groups is 1. The number of nitrogens with one attached hydrogen (secondary N) is 1. The summed E-state index contributed by atoms with van der Waals surface area (Å²) in [6, 6.07) is 11.2. The minimum Gasteiger partial charge on any atom is -0.322 e. The van der Waals surface area contributed by atoms with Gasteiger partial charge >= 0.3 is 6.18 Å². The Morgan fingerprint density at radius 3 is 2.38 bits per heavy atom. The van der Waals surface area contributed by atoms with Gasteiger partial charge < -0.3 is 4.90 Å². The summed E-state index contributed by atoms with van der Waals surface area (Å²) < 4.78 is 40.2. The maximum atomic E-state index is 12.9. The molecule has 0 radical (unpaired) electrons. The van der Waals surface area contributed by atoms with E-state index in [0.717, 1.165) is 23.3 Å². The number of piperidine rings is 1. The average molecular weight is 468 g/mol. The molecule has 0 bridgehead atoms. The van der Waals surface area contributed by atoms with Gasteiger partial charge in [0.2, 0.25) is 11.8 Å². The Morgan fingerprint density at radius 1 is 1.00 bits per heavy atom. The average Bonchev–Trinajstić information content (AvgIpc) is 3.33. The lowest BCUT2D eigenvalue weighted by Gasteiger charge is -2.29. The van der Waals surface area contributed by atoms with E-state index in [4.69, 9.17) is 0 Å². The molecule has 2 aliphatic heterocycles. The van der Waals surface area contributed by atoms with Crippen molar-refractivity contribution < 1.29 is 27.6 Å². The quantitative estimate of drug-likeness (QED) is 0.596. The number of carbonyl (C=O) groups excluding carboxylic acids is 3. The summed E-state index contributed by atoms with van der Waals surface area (Å²) in [6.45, 7) is 0.243.